The van der Waals surface area contributed by atoms with Gasteiger partial charge in [-0.2, -0.15) is 0 Å². The Bertz CT molecular complexity index is 465. The predicted octanol–water partition coefficient (Wildman–Crippen LogP) is 2.24. The summed E-state index contributed by atoms with van der Waals surface area (Å²) in [4.78, 5) is 0. The molecule has 4 heteroatoms. The third-order valence-corrected chi connectivity index (χ3v) is 5.44. The highest BCUT2D eigenvalue weighted by molar-refractivity contribution is 7.92. The molecule has 17 heavy (non-hydrogen) atoms. The van der Waals surface area contributed by atoms with Crippen LogP contribution in [-0.2, 0) is 9.84 Å². The maximum atomic E-state index is 11.9. The molecule has 0 saturated heterocycles. The molecule has 0 amide bonds. The minimum atomic E-state index is -3.22. The second kappa shape index (κ2) is 5.65. The van der Waals surface area contributed by atoms with Crippen LogP contribution in [0.25, 0.3) is 0 Å². The van der Waals surface area contributed by atoms with Crippen molar-refractivity contribution in [2.75, 3.05) is 5.75 Å². The van der Waals surface area contributed by atoms with Crippen molar-refractivity contribution in [1.29, 1.82) is 0 Å². The average Bonchev–Trinajstić information content (AvgIpc) is 2.30. The molecular formula is C13H20O3S. The van der Waals surface area contributed by atoms with Crippen molar-refractivity contribution in [3.63, 3.8) is 0 Å². The number of hydrogen-bond acceptors (Lipinski definition) is 3. The Balaban J connectivity index is 3.11. The van der Waals surface area contributed by atoms with Crippen LogP contribution in [0.4, 0.5) is 0 Å². The zero-order valence-electron chi connectivity index (χ0n) is 10.6. The molecule has 0 spiro atoms. The zero-order valence-corrected chi connectivity index (χ0v) is 11.4. The maximum Gasteiger partial charge on any atom is 0.155 e. The first-order valence-electron chi connectivity index (χ1n) is 5.89. The van der Waals surface area contributed by atoms with Gasteiger partial charge < -0.3 is 5.11 Å². The van der Waals surface area contributed by atoms with Gasteiger partial charge in [0.1, 0.15) is 0 Å². The lowest BCUT2D eigenvalue weighted by Gasteiger charge is -2.22. The second-order valence-electron chi connectivity index (χ2n) is 4.20. The molecule has 0 aromatic heterocycles. The van der Waals surface area contributed by atoms with E-state index in [1.807, 2.05) is 25.1 Å². The molecule has 2 atom stereocenters. The van der Waals surface area contributed by atoms with Crippen LogP contribution in [0, 0.1) is 6.92 Å². The number of sulfone groups is 1. The molecule has 1 rings (SSSR count). The normalized spacial score (nSPS) is 15.5. The van der Waals surface area contributed by atoms with Crippen LogP contribution in [0.15, 0.2) is 24.3 Å². The fourth-order valence-electron chi connectivity index (χ4n) is 2.01. The average molecular weight is 256 g/mol. The summed E-state index contributed by atoms with van der Waals surface area (Å²) < 4.78 is 23.8. The first-order valence-corrected chi connectivity index (χ1v) is 7.60. The van der Waals surface area contributed by atoms with Gasteiger partial charge in [0.15, 0.2) is 9.84 Å². The molecular weight excluding hydrogens is 236 g/mol. The molecule has 0 heterocycles. The summed E-state index contributed by atoms with van der Waals surface area (Å²) in [5.41, 5.74) is 1.63. The Morgan fingerprint density at radius 1 is 1.24 bits per heavy atom. The van der Waals surface area contributed by atoms with Gasteiger partial charge in [0.05, 0.1) is 11.4 Å². The molecule has 1 N–H and O–H groups in total. The smallest absolute Gasteiger partial charge is 0.155 e. The van der Waals surface area contributed by atoms with E-state index in [-0.39, 0.29) is 5.75 Å². The monoisotopic (exact) mass is 256 g/mol. The molecule has 0 bridgehead atoms. The molecule has 0 saturated carbocycles. The summed E-state index contributed by atoms with van der Waals surface area (Å²) in [7, 11) is -3.22. The van der Waals surface area contributed by atoms with E-state index in [0.717, 1.165) is 5.56 Å². The van der Waals surface area contributed by atoms with E-state index in [4.69, 9.17) is 0 Å². The molecule has 0 aliphatic carbocycles. The minimum Gasteiger partial charge on any atom is -0.387 e. The Morgan fingerprint density at radius 2 is 1.82 bits per heavy atom. The predicted molar refractivity (Wildman–Crippen MR) is 69.7 cm³/mol. The fraction of sp³-hybridized carbons (Fsp3) is 0.538. The number of aliphatic hydroxyl groups is 1. The lowest BCUT2D eigenvalue weighted by molar-refractivity contribution is 0.168. The van der Waals surface area contributed by atoms with Crippen LogP contribution in [-0.4, -0.2) is 24.5 Å². The van der Waals surface area contributed by atoms with E-state index in [1.165, 1.54) is 0 Å². The largest absolute Gasteiger partial charge is 0.387 e. The van der Waals surface area contributed by atoms with E-state index in [2.05, 4.69) is 0 Å². The Kier molecular flexibility index (Phi) is 4.71. The summed E-state index contributed by atoms with van der Waals surface area (Å²) >= 11 is 0. The summed E-state index contributed by atoms with van der Waals surface area (Å²) in [6, 6.07) is 7.36. The van der Waals surface area contributed by atoms with Gasteiger partial charge in [-0.15, -0.1) is 0 Å². The quantitative estimate of drug-likeness (QED) is 0.879. The van der Waals surface area contributed by atoms with Crippen LogP contribution >= 0.6 is 0 Å². The molecule has 0 radical (unpaired) electrons. The molecule has 3 nitrogen and oxygen atoms in total. The van der Waals surface area contributed by atoms with Crippen LogP contribution in [0.5, 0.6) is 0 Å². The highest BCUT2D eigenvalue weighted by atomic mass is 32.2. The molecule has 1 aromatic rings. The van der Waals surface area contributed by atoms with Gasteiger partial charge in [-0.05, 0) is 24.5 Å². The maximum absolute atomic E-state index is 11.9. The SMILES string of the molecule is CCC(C(O)c1ccccc1C)S(=O)(=O)CC. The second-order valence-corrected chi connectivity index (χ2v) is 6.71. The molecule has 96 valence electrons. The third kappa shape index (κ3) is 3.07. The molecule has 0 aliphatic rings. The summed E-state index contributed by atoms with van der Waals surface area (Å²) in [6.45, 7) is 5.28. The third-order valence-electron chi connectivity index (χ3n) is 3.13. The first kappa shape index (κ1) is 14.2. The van der Waals surface area contributed by atoms with Gasteiger partial charge in [0.2, 0.25) is 0 Å². The summed E-state index contributed by atoms with van der Waals surface area (Å²) in [5.74, 6) is 0.0639. The van der Waals surface area contributed by atoms with Crippen molar-refractivity contribution in [3.05, 3.63) is 35.4 Å². The lowest BCUT2D eigenvalue weighted by atomic mass is 10.00. The standard InChI is InChI=1S/C13H20O3S/c1-4-12(17(15,16)5-2)13(14)11-9-7-6-8-10(11)3/h6-9,12-14H,4-5H2,1-3H3. The highest BCUT2D eigenvalue weighted by Crippen LogP contribution is 2.27. The molecule has 0 fully saturated rings. The van der Waals surface area contributed by atoms with Crippen molar-refractivity contribution in [1.82, 2.24) is 0 Å². The number of benzene rings is 1. The van der Waals surface area contributed by atoms with Crippen molar-refractivity contribution in [2.45, 2.75) is 38.5 Å². The van der Waals surface area contributed by atoms with Crippen molar-refractivity contribution < 1.29 is 13.5 Å². The summed E-state index contributed by atoms with van der Waals surface area (Å²) in [5, 5.41) is 9.53. The summed E-state index contributed by atoms with van der Waals surface area (Å²) in [6.07, 6.45) is -0.516. The van der Waals surface area contributed by atoms with Crippen LogP contribution in [0.1, 0.15) is 37.5 Å². The highest BCUT2D eigenvalue weighted by Gasteiger charge is 2.30. The molecule has 0 aliphatic heterocycles. The van der Waals surface area contributed by atoms with Crippen LogP contribution in [0.3, 0.4) is 0 Å². The van der Waals surface area contributed by atoms with Gasteiger partial charge in [-0.3, -0.25) is 0 Å². The number of rotatable bonds is 5. The van der Waals surface area contributed by atoms with E-state index in [0.29, 0.717) is 12.0 Å². The van der Waals surface area contributed by atoms with E-state index in [1.54, 1.807) is 19.9 Å². The van der Waals surface area contributed by atoms with Crippen LogP contribution < -0.4 is 0 Å². The minimum absolute atomic E-state index is 0.0639. The van der Waals surface area contributed by atoms with Gasteiger partial charge >= 0.3 is 0 Å². The van der Waals surface area contributed by atoms with Gasteiger partial charge in [-0.1, -0.05) is 38.1 Å². The van der Waals surface area contributed by atoms with Crippen molar-refractivity contribution in [3.8, 4) is 0 Å². The zero-order chi connectivity index (χ0) is 13.1. The van der Waals surface area contributed by atoms with Gasteiger partial charge in [0.25, 0.3) is 0 Å². The Labute approximate surface area is 103 Å². The topological polar surface area (TPSA) is 54.4 Å². The van der Waals surface area contributed by atoms with E-state index >= 15 is 0 Å². The van der Waals surface area contributed by atoms with Crippen LogP contribution in [0.2, 0.25) is 0 Å². The van der Waals surface area contributed by atoms with Gasteiger partial charge in [0, 0.05) is 5.75 Å². The Hall–Kier alpha value is -0.870. The lowest BCUT2D eigenvalue weighted by Crippen LogP contribution is -2.29. The fourth-order valence-corrected chi connectivity index (χ4v) is 3.48. The molecule has 2 unspecified atom stereocenters. The van der Waals surface area contributed by atoms with Gasteiger partial charge in [-0.25, -0.2) is 8.42 Å². The molecule has 1 aromatic carbocycles. The number of aryl methyl sites for hydroxylation is 1. The number of hydrogen-bond donors (Lipinski definition) is 1. The van der Waals surface area contributed by atoms with Crippen molar-refractivity contribution >= 4 is 9.84 Å². The first-order chi connectivity index (χ1) is 7.94. The Morgan fingerprint density at radius 3 is 2.29 bits per heavy atom. The van der Waals surface area contributed by atoms with Crippen molar-refractivity contribution in [2.24, 2.45) is 0 Å². The number of aliphatic hydroxyl groups excluding tert-OH is 1. The van der Waals surface area contributed by atoms with E-state index in [9.17, 15) is 13.5 Å². The van der Waals surface area contributed by atoms with E-state index < -0.39 is 21.2 Å².